The van der Waals surface area contributed by atoms with Crippen molar-refractivity contribution in [2.24, 2.45) is 0 Å². The average Bonchev–Trinajstić information content (AvgIpc) is 3.15. The number of nitrogens with one attached hydrogen (secondary N) is 2. The second-order valence-electron chi connectivity index (χ2n) is 6.16. The van der Waals surface area contributed by atoms with Crippen molar-refractivity contribution in [1.82, 2.24) is 15.2 Å². The molecular formula is C17H26N4O3. The molecular weight excluding hydrogens is 308 g/mol. The lowest BCUT2D eigenvalue weighted by molar-refractivity contribution is 0.0383. The maximum atomic E-state index is 12.1. The molecule has 2 fully saturated rings. The lowest BCUT2D eigenvalue weighted by Gasteiger charge is -2.26. The predicted molar refractivity (Wildman–Crippen MR) is 91.3 cm³/mol. The summed E-state index contributed by atoms with van der Waals surface area (Å²) in [5, 5.41) is 6.19. The normalized spacial score (nSPS) is 21.6. The van der Waals surface area contributed by atoms with Crippen LogP contribution in [0.2, 0.25) is 0 Å². The third-order valence-corrected chi connectivity index (χ3v) is 4.38. The zero-order valence-corrected chi connectivity index (χ0v) is 14.0. The van der Waals surface area contributed by atoms with Gasteiger partial charge in [0.2, 0.25) is 0 Å². The first-order valence-electron chi connectivity index (χ1n) is 8.71. The van der Waals surface area contributed by atoms with Crippen molar-refractivity contribution >= 4 is 11.7 Å². The average molecular weight is 334 g/mol. The van der Waals surface area contributed by atoms with Crippen LogP contribution in [0.15, 0.2) is 18.3 Å². The van der Waals surface area contributed by atoms with Gasteiger partial charge < -0.3 is 20.1 Å². The molecule has 3 heterocycles. The number of morpholine rings is 1. The Morgan fingerprint density at radius 2 is 2.17 bits per heavy atom. The minimum Gasteiger partial charge on any atom is -0.379 e. The van der Waals surface area contributed by atoms with Crippen LogP contribution >= 0.6 is 0 Å². The van der Waals surface area contributed by atoms with E-state index in [1.54, 1.807) is 12.3 Å². The largest absolute Gasteiger partial charge is 0.379 e. The first-order chi connectivity index (χ1) is 11.8. The molecule has 1 amide bonds. The standard InChI is InChI=1S/C17H26N4O3/c22-17(18-5-6-21-7-10-23-11-8-21)14-3-4-16(19-12-14)20-13-15-2-1-9-24-15/h3-4,12,15H,1-2,5-11,13H2,(H,18,22)(H,19,20). The molecule has 24 heavy (non-hydrogen) atoms. The Morgan fingerprint density at radius 3 is 2.88 bits per heavy atom. The van der Waals surface area contributed by atoms with Crippen LogP contribution in [-0.4, -0.2) is 74.4 Å². The number of rotatable bonds is 7. The molecule has 0 radical (unpaired) electrons. The molecule has 1 unspecified atom stereocenters. The van der Waals surface area contributed by atoms with Crippen molar-refractivity contribution in [2.75, 3.05) is 57.9 Å². The van der Waals surface area contributed by atoms with Crippen LogP contribution in [-0.2, 0) is 9.47 Å². The number of hydrogen-bond donors (Lipinski definition) is 2. The van der Waals surface area contributed by atoms with E-state index in [2.05, 4.69) is 20.5 Å². The van der Waals surface area contributed by atoms with Gasteiger partial charge in [-0.2, -0.15) is 0 Å². The van der Waals surface area contributed by atoms with Crippen molar-refractivity contribution in [3.05, 3.63) is 23.9 Å². The summed E-state index contributed by atoms with van der Waals surface area (Å²) in [4.78, 5) is 18.7. The smallest absolute Gasteiger partial charge is 0.252 e. The maximum absolute atomic E-state index is 12.1. The Bertz CT molecular complexity index is 511. The van der Waals surface area contributed by atoms with Crippen LogP contribution in [0.3, 0.4) is 0 Å². The Morgan fingerprint density at radius 1 is 1.29 bits per heavy atom. The molecule has 7 heteroatoms. The second-order valence-corrected chi connectivity index (χ2v) is 6.16. The molecule has 0 spiro atoms. The second kappa shape index (κ2) is 8.96. The van der Waals surface area contributed by atoms with Crippen LogP contribution in [0.5, 0.6) is 0 Å². The Kier molecular flexibility index (Phi) is 6.40. The molecule has 1 aromatic rings. The van der Waals surface area contributed by atoms with Gasteiger partial charge >= 0.3 is 0 Å². The summed E-state index contributed by atoms with van der Waals surface area (Å²) in [7, 11) is 0. The topological polar surface area (TPSA) is 75.7 Å². The minimum atomic E-state index is -0.0820. The minimum absolute atomic E-state index is 0.0820. The number of hydrogen-bond acceptors (Lipinski definition) is 6. The molecule has 2 saturated heterocycles. The molecule has 0 saturated carbocycles. The van der Waals surface area contributed by atoms with Gasteiger partial charge in [0, 0.05) is 45.5 Å². The third-order valence-electron chi connectivity index (χ3n) is 4.38. The highest BCUT2D eigenvalue weighted by atomic mass is 16.5. The molecule has 0 bridgehead atoms. The maximum Gasteiger partial charge on any atom is 0.252 e. The molecule has 0 aliphatic carbocycles. The van der Waals surface area contributed by atoms with Gasteiger partial charge in [0.15, 0.2) is 0 Å². The Labute approximate surface area is 142 Å². The quantitative estimate of drug-likeness (QED) is 0.766. The van der Waals surface area contributed by atoms with Gasteiger partial charge in [-0.15, -0.1) is 0 Å². The summed E-state index contributed by atoms with van der Waals surface area (Å²) in [6.45, 7) is 6.52. The molecule has 2 aliphatic heterocycles. The summed E-state index contributed by atoms with van der Waals surface area (Å²) in [6.07, 6.45) is 4.11. The van der Waals surface area contributed by atoms with Crippen LogP contribution in [0.4, 0.5) is 5.82 Å². The summed E-state index contributed by atoms with van der Waals surface area (Å²) >= 11 is 0. The van der Waals surface area contributed by atoms with E-state index in [-0.39, 0.29) is 12.0 Å². The zero-order chi connectivity index (χ0) is 16.6. The summed E-state index contributed by atoms with van der Waals surface area (Å²) < 4.78 is 10.9. The predicted octanol–water partition coefficient (Wildman–Crippen LogP) is 0.735. The number of pyridine rings is 1. The molecule has 7 nitrogen and oxygen atoms in total. The molecule has 1 aromatic heterocycles. The van der Waals surface area contributed by atoms with Crippen molar-refractivity contribution in [3.63, 3.8) is 0 Å². The van der Waals surface area contributed by atoms with E-state index in [1.807, 2.05) is 6.07 Å². The van der Waals surface area contributed by atoms with E-state index in [9.17, 15) is 4.79 Å². The van der Waals surface area contributed by atoms with Gasteiger partial charge in [-0.1, -0.05) is 0 Å². The lowest BCUT2D eigenvalue weighted by Crippen LogP contribution is -2.41. The number of anilines is 1. The van der Waals surface area contributed by atoms with Crippen molar-refractivity contribution in [2.45, 2.75) is 18.9 Å². The first kappa shape index (κ1) is 17.1. The van der Waals surface area contributed by atoms with Crippen LogP contribution in [0.25, 0.3) is 0 Å². The Balaban J connectivity index is 1.38. The summed E-state index contributed by atoms with van der Waals surface area (Å²) in [5.74, 6) is 0.691. The van der Waals surface area contributed by atoms with E-state index in [4.69, 9.17) is 9.47 Å². The van der Waals surface area contributed by atoms with Crippen molar-refractivity contribution < 1.29 is 14.3 Å². The van der Waals surface area contributed by atoms with Gasteiger partial charge in [0.1, 0.15) is 5.82 Å². The number of ether oxygens (including phenoxy) is 2. The first-order valence-corrected chi connectivity index (χ1v) is 8.71. The number of carbonyl (C=O) groups is 1. The molecule has 2 aliphatic rings. The van der Waals surface area contributed by atoms with E-state index in [1.165, 1.54) is 0 Å². The fraction of sp³-hybridized carbons (Fsp3) is 0.647. The highest BCUT2D eigenvalue weighted by Crippen LogP contribution is 2.13. The van der Waals surface area contributed by atoms with Gasteiger partial charge in [0.25, 0.3) is 5.91 Å². The molecule has 3 rings (SSSR count). The van der Waals surface area contributed by atoms with Crippen LogP contribution in [0, 0.1) is 0 Å². The lowest BCUT2D eigenvalue weighted by atomic mass is 10.2. The van der Waals surface area contributed by atoms with Gasteiger partial charge in [-0.3, -0.25) is 9.69 Å². The number of amides is 1. The summed E-state index contributed by atoms with van der Waals surface area (Å²) in [5.41, 5.74) is 0.583. The van der Waals surface area contributed by atoms with Gasteiger partial charge in [-0.25, -0.2) is 4.98 Å². The number of nitrogens with zero attached hydrogens (tertiary/aromatic N) is 2. The van der Waals surface area contributed by atoms with Crippen LogP contribution in [0.1, 0.15) is 23.2 Å². The molecule has 2 N–H and O–H groups in total. The van der Waals surface area contributed by atoms with E-state index < -0.39 is 0 Å². The zero-order valence-electron chi connectivity index (χ0n) is 14.0. The number of carbonyl (C=O) groups excluding carboxylic acids is 1. The molecule has 1 atom stereocenters. The third kappa shape index (κ3) is 5.15. The van der Waals surface area contributed by atoms with Crippen molar-refractivity contribution in [1.29, 1.82) is 0 Å². The fourth-order valence-corrected chi connectivity index (χ4v) is 2.91. The van der Waals surface area contributed by atoms with E-state index >= 15 is 0 Å². The van der Waals surface area contributed by atoms with Gasteiger partial charge in [0.05, 0.1) is 24.9 Å². The molecule has 0 aromatic carbocycles. The van der Waals surface area contributed by atoms with Gasteiger partial charge in [-0.05, 0) is 25.0 Å². The van der Waals surface area contributed by atoms with Crippen LogP contribution < -0.4 is 10.6 Å². The van der Waals surface area contributed by atoms with Crippen molar-refractivity contribution in [3.8, 4) is 0 Å². The SMILES string of the molecule is O=C(NCCN1CCOCC1)c1ccc(NCC2CCCO2)nc1. The highest BCUT2D eigenvalue weighted by molar-refractivity contribution is 5.94. The number of aromatic nitrogens is 1. The molecule has 132 valence electrons. The fourth-order valence-electron chi connectivity index (χ4n) is 2.91. The monoisotopic (exact) mass is 334 g/mol. The van der Waals surface area contributed by atoms with E-state index in [0.717, 1.165) is 64.7 Å². The van der Waals surface area contributed by atoms with E-state index in [0.29, 0.717) is 12.1 Å². The highest BCUT2D eigenvalue weighted by Gasteiger charge is 2.15. The summed E-state index contributed by atoms with van der Waals surface area (Å²) in [6, 6.07) is 3.64. The Hall–Kier alpha value is -1.70.